The summed E-state index contributed by atoms with van der Waals surface area (Å²) in [4.78, 5) is 24.3. The summed E-state index contributed by atoms with van der Waals surface area (Å²) in [5.74, 6) is -1.77. The van der Waals surface area contributed by atoms with Crippen LogP contribution in [0.15, 0.2) is 36.4 Å². The highest BCUT2D eigenvalue weighted by Crippen LogP contribution is 2.29. The zero-order valence-electron chi connectivity index (χ0n) is 13.3. The van der Waals surface area contributed by atoms with Gasteiger partial charge in [-0.05, 0) is 31.1 Å². The minimum absolute atomic E-state index is 0.123. The quantitative estimate of drug-likeness (QED) is 0.496. The standard InChI is InChI=1S/C18H20O6/c1-11-4-2-5-13(19)6-3-7-14(20)8-12-9-15(21)10-16(22)17(12)18(23)24-11/h2-3,5,7,9-11,13,19,21-22H,4,6,8H2,1H3/b5-2-,7-3-/t11-,13-/m1/s1. The van der Waals surface area contributed by atoms with Crippen molar-refractivity contribution >= 4 is 11.8 Å². The molecule has 0 saturated heterocycles. The van der Waals surface area contributed by atoms with E-state index in [1.165, 1.54) is 12.1 Å². The Morgan fingerprint density at radius 3 is 2.62 bits per heavy atom. The molecule has 0 aliphatic carbocycles. The summed E-state index contributed by atoms with van der Waals surface area (Å²) in [5, 5.41) is 29.3. The molecule has 0 amide bonds. The Kier molecular flexibility index (Phi) is 5.76. The molecule has 1 aliphatic heterocycles. The predicted octanol–water partition coefficient (Wildman–Crippen LogP) is 2.02. The second-order valence-corrected chi connectivity index (χ2v) is 5.73. The second kappa shape index (κ2) is 7.79. The van der Waals surface area contributed by atoms with Crippen LogP contribution >= 0.6 is 0 Å². The van der Waals surface area contributed by atoms with Crippen LogP contribution in [0.1, 0.15) is 35.7 Å². The highest BCUT2D eigenvalue weighted by atomic mass is 16.5. The Morgan fingerprint density at radius 2 is 1.88 bits per heavy atom. The first-order valence-corrected chi connectivity index (χ1v) is 7.66. The molecule has 0 spiro atoms. The van der Waals surface area contributed by atoms with E-state index in [-0.39, 0.29) is 35.5 Å². The molecule has 24 heavy (non-hydrogen) atoms. The Hall–Kier alpha value is -2.60. The van der Waals surface area contributed by atoms with Crippen LogP contribution in [0, 0.1) is 0 Å². The molecular formula is C18H20O6. The number of cyclic esters (lactones) is 1. The van der Waals surface area contributed by atoms with E-state index in [1.54, 1.807) is 25.2 Å². The van der Waals surface area contributed by atoms with Gasteiger partial charge in [0, 0.05) is 18.9 Å². The van der Waals surface area contributed by atoms with Crippen LogP contribution in [0.25, 0.3) is 0 Å². The number of hydrogen-bond acceptors (Lipinski definition) is 6. The highest BCUT2D eigenvalue weighted by Gasteiger charge is 2.22. The first kappa shape index (κ1) is 17.7. The monoisotopic (exact) mass is 332 g/mol. The molecule has 128 valence electrons. The average molecular weight is 332 g/mol. The van der Waals surface area contributed by atoms with E-state index < -0.39 is 23.9 Å². The van der Waals surface area contributed by atoms with Gasteiger partial charge in [0.25, 0.3) is 0 Å². The highest BCUT2D eigenvalue weighted by molar-refractivity contribution is 5.98. The topological polar surface area (TPSA) is 104 Å². The van der Waals surface area contributed by atoms with Crippen molar-refractivity contribution in [2.24, 2.45) is 0 Å². The van der Waals surface area contributed by atoms with E-state index in [9.17, 15) is 24.9 Å². The maximum Gasteiger partial charge on any atom is 0.342 e. The van der Waals surface area contributed by atoms with Gasteiger partial charge < -0.3 is 20.1 Å². The van der Waals surface area contributed by atoms with Crippen LogP contribution in [0.3, 0.4) is 0 Å². The van der Waals surface area contributed by atoms with Crippen LogP contribution in [-0.4, -0.2) is 39.3 Å². The lowest BCUT2D eigenvalue weighted by atomic mass is 10.00. The molecule has 0 aromatic heterocycles. The van der Waals surface area contributed by atoms with Gasteiger partial charge in [0.15, 0.2) is 5.78 Å². The number of allylic oxidation sites excluding steroid dienone is 1. The van der Waals surface area contributed by atoms with Crippen LogP contribution in [-0.2, 0) is 16.0 Å². The Bertz CT molecular complexity index is 689. The van der Waals surface area contributed by atoms with Gasteiger partial charge in [-0.15, -0.1) is 0 Å². The number of aromatic hydroxyl groups is 2. The minimum Gasteiger partial charge on any atom is -0.508 e. The summed E-state index contributed by atoms with van der Waals surface area (Å²) >= 11 is 0. The molecule has 0 unspecified atom stereocenters. The molecule has 0 bridgehead atoms. The van der Waals surface area contributed by atoms with Gasteiger partial charge in [0.2, 0.25) is 0 Å². The van der Waals surface area contributed by atoms with E-state index in [2.05, 4.69) is 0 Å². The summed E-state index contributed by atoms with van der Waals surface area (Å²) in [6, 6.07) is 2.29. The predicted molar refractivity (Wildman–Crippen MR) is 86.9 cm³/mol. The van der Waals surface area contributed by atoms with Crippen molar-refractivity contribution < 1.29 is 29.6 Å². The number of phenols is 2. The number of hydrogen-bond donors (Lipinski definition) is 3. The number of carbonyl (C=O) groups is 2. The van der Waals surface area contributed by atoms with Crippen molar-refractivity contribution in [1.29, 1.82) is 0 Å². The number of rotatable bonds is 0. The Labute approximate surface area is 139 Å². The summed E-state index contributed by atoms with van der Waals surface area (Å²) < 4.78 is 5.27. The fourth-order valence-corrected chi connectivity index (χ4v) is 2.43. The van der Waals surface area contributed by atoms with Crippen LogP contribution in [0.5, 0.6) is 11.5 Å². The SMILES string of the molecule is C[C@@H]1C/C=C\[C@@H](O)C/C=C\C(=O)Cc2cc(O)cc(O)c2C(=O)O1. The lowest BCUT2D eigenvalue weighted by Gasteiger charge is -2.15. The van der Waals surface area contributed by atoms with Gasteiger partial charge >= 0.3 is 5.97 Å². The van der Waals surface area contributed by atoms with E-state index in [4.69, 9.17) is 4.74 Å². The van der Waals surface area contributed by atoms with Crippen molar-refractivity contribution in [1.82, 2.24) is 0 Å². The van der Waals surface area contributed by atoms with Gasteiger partial charge in [0.05, 0.1) is 6.10 Å². The smallest absolute Gasteiger partial charge is 0.342 e. The molecule has 1 aliphatic rings. The van der Waals surface area contributed by atoms with Crippen molar-refractivity contribution in [3.05, 3.63) is 47.6 Å². The molecule has 2 atom stereocenters. The maximum absolute atomic E-state index is 12.3. The lowest BCUT2D eigenvalue weighted by molar-refractivity contribution is -0.114. The van der Waals surface area contributed by atoms with E-state index in [0.717, 1.165) is 6.07 Å². The number of ketones is 1. The molecule has 1 aromatic carbocycles. The molecule has 1 heterocycles. The van der Waals surface area contributed by atoms with Gasteiger partial charge in [-0.1, -0.05) is 18.2 Å². The Balaban J connectivity index is 2.41. The third kappa shape index (κ3) is 4.70. The molecule has 0 fully saturated rings. The van der Waals surface area contributed by atoms with Gasteiger partial charge in [-0.3, -0.25) is 4.79 Å². The van der Waals surface area contributed by atoms with E-state index in [0.29, 0.717) is 6.42 Å². The molecule has 0 saturated carbocycles. The number of carbonyl (C=O) groups excluding carboxylic acids is 2. The van der Waals surface area contributed by atoms with E-state index in [1.807, 2.05) is 0 Å². The molecule has 6 heteroatoms. The zero-order chi connectivity index (χ0) is 17.7. The number of aliphatic hydroxyl groups is 1. The largest absolute Gasteiger partial charge is 0.508 e. The second-order valence-electron chi connectivity index (χ2n) is 5.73. The van der Waals surface area contributed by atoms with Crippen LogP contribution < -0.4 is 0 Å². The molecule has 0 radical (unpaired) electrons. The van der Waals surface area contributed by atoms with Crippen molar-refractivity contribution in [3.8, 4) is 11.5 Å². The van der Waals surface area contributed by atoms with E-state index >= 15 is 0 Å². The molecule has 3 N–H and O–H groups in total. The number of benzene rings is 1. The maximum atomic E-state index is 12.3. The molecule has 6 nitrogen and oxygen atoms in total. The molecule has 1 aromatic rings. The van der Waals surface area contributed by atoms with Gasteiger partial charge in [-0.25, -0.2) is 4.79 Å². The Morgan fingerprint density at radius 1 is 1.12 bits per heavy atom. The molecular weight excluding hydrogens is 312 g/mol. The van der Waals surface area contributed by atoms with Crippen LogP contribution in [0.4, 0.5) is 0 Å². The number of ether oxygens (including phenoxy) is 1. The summed E-state index contributed by atoms with van der Waals surface area (Å²) in [6.07, 6.45) is 5.44. The first-order valence-electron chi connectivity index (χ1n) is 7.66. The third-order valence-corrected chi connectivity index (χ3v) is 3.57. The summed E-state index contributed by atoms with van der Waals surface area (Å²) in [6.45, 7) is 1.68. The van der Waals surface area contributed by atoms with Gasteiger partial charge in [0.1, 0.15) is 23.2 Å². The molecule has 2 rings (SSSR count). The normalized spacial score (nSPS) is 25.2. The fraction of sp³-hybridized carbons (Fsp3) is 0.333. The first-order chi connectivity index (χ1) is 11.4. The third-order valence-electron chi connectivity index (χ3n) is 3.57. The summed E-state index contributed by atoms with van der Waals surface area (Å²) in [7, 11) is 0. The number of fused-ring (bicyclic) bond motifs is 1. The van der Waals surface area contributed by atoms with Gasteiger partial charge in [-0.2, -0.15) is 0 Å². The van der Waals surface area contributed by atoms with Crippen molar-refractivity contribution in [3.63, 3.8) is 0 Å². The minimum atomic E-state index is -0.766. The van der Waals surface area contributed by atoms with Crippen LogP contribution in [0.2, 0.25) is 0 Å². The zero-order valence-corrected chi connectivity index (χ0v) is 13.3. The average Bonchev–Trinajstić information content (AvgIpc) is 2.45. The number of phenolic OH excluding ortho intramolecular Hbond substituents is 2. The fourth-order valence-electron chi connectivity index (χ4n) is 2.43. The lowest BCUT2D eigenvalue weighted by Crippen LogP contribution is -2.17. The van der Waals surface area contributed by atoms with Crippen molar-refractivity contribution in [2.45, 2.75) is 38.4 Å². The van der Waals surface area contributed by atoms with Crippen molar-refractivity contribution in [2.75, 3.05) is 0 Å². The number of esters is 1. The summed E-state index contributed by atoms with van der Waals surface area (Å²) in [5.41, 5.74) is 0.0648. The number of aliphatic hydroxyl groups excluding tert-OH is 1.